The van der Waals surface area contributed by atoms with E-state index in [2.05, 4.69) is 4.74 Å². The van der Waals surface area contributed by atoms with Gasteiger partial charge in [-0.3, -0.25) is 0 Å². The van der Waals surface area contributed by atoms with Crippen molar-refractivity contribution >= 4 is 0 Å². The maximum absolute atomic E-state index is 12.5. The molecule has 0 radical (unpaired) electrons. The summed E-state index contributed by atoms with van der Waals surface area (Å²) in [7, 11) is 0. The van der Waals surface area contributed by atoms with E-state index in [1.165, 1.54) is 6.07 Å². The van der Waals surface area contributed by atoms with Gasteiger partial charge in [0.2, 0.25) is 0 Å². The van der Waals surface area contributed by atoms with Crippen LogP contribution in [0.4, 0.5) is 8.78 Å². The smallest absolute Gasteiger partial charge is 0.387 e. The van der Waals surface area contributed by atoms with Gasteiger partial charge in [-0.2, -0.15) is 8.78 Å². The van der Waals surface area contributed by atoms with Crippen molar-refractivity contribution in [2.45, 2.75) is 64.8 Å². The highest BCUT2D eigenvalue weighted by atomic mass is 19.3. The lowest BCUT2D eigenvalue weighted by atomic mass is 9.99. The first-order valence-electron chi connectivity index (χ1n) is 7.89. The Balaban J connectivity index is 2.19. The van der Waals surface area contributed by atoms with Crippen LogP contribution >= 0.6 is 0 Å². The molecule has 1 unspecified atom stereocenters. The van der Waals surface area contributed by atoms with E-state index in [1.807, 2.05) is 13.8 Å². The summed E-state index contributed by atoms with van der Waals surface area (Å²) in [5.74, 6) is 0.668. The normalized spacial score (nSPS) is 17.2. The van der Waals surface area contributed by atoms with Gasteiger partial charge in [0.1, 0.15) is 0 Å². The van der Waals surface area contributed by atoms with E-state index in [4.69, 9.17) is 4.74 Å². The Bertz CT molecular complexity index is 471. The molecule has 1 atom stereocenters. The van der Waals surface area contributed by atoms with E-state index >= 15 is 0 Å². The van der Waals surface area contributed by atoms with Crippen LogP contribution in [-0.4, -0.2) is 17.8 Å². The zero-order valence-corrected chi connectivity index (χ0v) is 13.1. The third-order valence-electron chi connectivity index (χ3n) is 3.86. The SMILES string of the molecule is CC(C)CC(O)c1ccc(OC(F)F)c(OC2CCCC2)c1. The van der Waals surface area contributed by atoms with Crippen LogP contribution in [0, 0.1) is 5.92 Å². The summed E-state index contributed by atoms with van der Waals surface area (Å²) in [6.07, 6.45) is 4.04. The maximum atomic E-state index is 12.5. The van der Waals surface area contributed by atoms with Gasteiger partial charge >= 0.3 is 6.61 Å². The van der Waals surface area contributed by atoms with Crippen LogP contribution in [0.5, 0.6) is 11.5 Å². The lowest BCUT2D eigenvalue weighted by molar-refractivity contribution is -0.0520. The Hall–Kier alpha value is -1.36. The zero-order chi connectivity index (χ0) is 16.1. The molecule has 1 N–H and O–H groups in total. The summed E-state index contributed by atoms with van der Waals surface area (Å²) in [4.78, 5) is 0. The van der Waals surface area contributed by atoms with Crippen molar-refractivity contribution in [3.8, 4) is 11.5 Å². The van der Waals surface area contributed by atoms with Crippen LogP contribution in [0.15, 0.2) is 18.2 Å². The van der Waals surface area contributed by atoms with Crippen molar-refractivity contribution in [3.05, 3.63) is 23.8 Å². The maximum Gasteiger partial charge on any atom is 0.387 e. The molecule has 1 aromatic carbocycles. The monoisotopic (exact) mass is 314 g/mol. The molecule has 0 saturated heterocycles. The van der Waals surface area contributed by atoms with Gasteiger partial charge < -0.3 is 14.6 Å². The molecular weight excluding hydrogens is 290 g/mol. The quantitative estimate of drug-likeness (QED) is 0.793. The van der Waals surface area contributed by atoms with E-state index in [0.717, 1.165) is 25.7 Å². The number of aliphatic hydroxyl groups excluding tert-OH is 1. The first kappa shape index (κ1) is 17.0. The van der Waals surface area contributed by atoms with Crippen molar-refractivity contribution in [1.29, 1.82) is 0 Å². The van der Waals surface area contributed by atoms with Crippen molar-refractivity contribution < 1.29 is 23.4 Å². The van der Waals surface area contributed by atoms with Crippen LogP contribution in [0.2, 0.25) is 0 Å². The Kier molecular flexibility index (Phi) is 6.00. The van der Waals surface area contributed by atoms with Crippen molar-refractivity contribution in [3.63, 3.8) is 0 Å². The minimum Gasteiger partial charge on any atom is -0.487 e. The van der Waals surface area contributed by atoms with E-state index < -0.39 is 12.7 Å². The number of benzene rings is 1. The minimum atomic E-state index is -2.89. The van der Waals surface area contributed by atoms with Crippen LogP contribution in [0.25, 0.3) is 0 Å². The van der Waals surface area contributed by atoms with E-state index in [-0.39, 0.29) is 11.9 Å². The number of aliphatic hydroxyl groups is 1. The summed E-state index contributed by atoms with van der Waals surface area (Å²) < 4.78 is 35.4. The zero-order valence-electron chi connectivity index (χ0n) is 13.1. The Morgan fingerprint density at radius 2 is 1.86 bits per heavy atom. The van der Waals surface area contributed by atoms with Crippen molar-refractivity contribution in [2.75, 3.05) is 0 Å². The standard InChI is InChI=1S/C17H24F2O3/c1-11(2)9-14(20)12-7-8-15(22-17(18)19)16(10-12)21-13-5-3-4-6-13/h7-8,10-11,13-14,17,20H,3-6,9H2,1-2H3. The molecule has 0 amide bonds. The molecule has 1 aliphatic rings. The third kappa shape index (κ3) is 4.83. The first-order chi connectivity index (χ1) is 10.5. The van der Waals surface area contributed by atoms with Crippen LogP contribution in [0.3, 0.4) is 0 Å². The van der Waals surface area contributed by atoms with Gasteiger partial charge in [-0.15, -0.1) is 0 Å². The van der Waals surface area contributed by atoms with Crippen molar-refractivity contribution in [2.24, 2.45) is 5.92 Å². The van der Waals surface area contributed by atoms with Gasteiger partial charge in [-0.1, -0.05) is 19.9 Å². The Morgan fingerprint density at radius 3 is 2.45 bits per heavy atom. The molecule has 0 aromatic heterocycles. The second-order valence-corrected chi connectivity index (χ2v) is 6.25. The van der Waals surface area contributed by atoms with Gasteiger partial charge in [-0.05, 0) is 55.7 Å². The highest BCUT2D eigenvalue weighted by molar-refractivity contribution is 5.44. The fraction of sp³-hybridized carbons (Fsp3) is 0.647. The fourth-order valence-electron chi connectivity index (χ4n) is 2.79. The van der Waals surface area contributed by atoms with Crippen molar-refractivity contribution in [1.82, 2.24) is 0 Å². The summed E-state index contributed by atoms with van der Waals surface area (Å²) in [5.41, 5.74) is 0.670. The predicted octanol–water partition coefficient (Wildman–Crippen LogP) is 4.69. The molecule has 0 spiro atoms. The highest BCUT2D eigenvalue weighted by Gasteiger charge is 2.21. The number of hydrogen-bond donors (Lipinski definition) is 1. The summed E-state index contributed by atoms with van der Waals surface area (Å²) >= 11 is 0. The predicted molar refractivity (Wildman–Crippen MR) is 80.4 cm³/mol. The van der Waals surface area contributed by atoms with Crippen LogP contribution in [0.1, 0.15) is 57.6 Å². The number of ether oxygens (including phenoxy) is 2. The second kappa shape index (κ2) is 7.77. The third-order valence-corrected chi connectivity index (χ3v) is 3.86. The van der Waals surface area contributed by atoms with E-state index in [1.54, 1.807) is 12.1 Å². The summed E-state index contributed by atoms with van der Waals surface area (Å²) in [5, 5.41) is 10.2. The molecule has 1 saturated carbocycles. The average molecular weight is 314 g/mol. The molecule has 1 fully saturated rings. The molecule has 22 heavy (non-hydrogen) atoms. The highest BCUT2D eigenvalue weighted by Crippen LogP contribution is 2.36. The molecule has 2 rings (SSSR count). The average Bonchev–Trinajstić information content (AvgIpc) is 2.92. The molecule has 0 bridgehead atoms. The Labute approximate surface area is 130 Å². The fourth-order valence-corrected chi connectivity index (χ4v) is 2.79. The molecule has 0 heterocycles. The van der Waals surface area contributed by atoms with E-state index in [0.29, 0.717) is 23.7 Å². The minimum absolute atomic E-state index is 0.0300. The Morgan fingerprint density at radius 1 is 1.18 bits per heavy atom. The van der Waals surface area contributed by atoms with Gasteiger partial charge in [0.15, 0.2) is 11.5 Å². The van der Waals surface area contributed by atoms with Gasteiger partial charge in [0.05, 0.1) is 12.2 Å². The first-order valence-corrected chi connectivity index (χ1v) is 7.89. The number of hydrogen-bond acceptors (Lipinski definition) is 3. The molecule has 124 valence electrons. The summed E-state index contributed by atoms with van der Waals surface area (Å²) in [6.45, 7) is 1.15. The molecule has 1 aliphatic carbocycles. The van der Waals surface area contributed by atoms with Gasteiger partial charge in [-0.25, -0.2) is 0 Å². The largest absolute Gasteiger partial charge is 0.487 e. The lowest BCUT2D eigenvalue weighted by Gasteiger charge is -2.19. The molecule has 5 heteroatoms. The topological polar surface area (TPSA) is 38.7 Å². The number of rotatable bonds is 7. The molecular formula is C17H24F2O3. The molecule has 0 aliphatic heterocycles. The number of alkyl halides is 2. The molecule has 1 aromatic rings. The summed E-state index contributed by atoms with van der Waals surface area (Å²) in [6, 6.07) is 4.70. The van der Waals surface area contributed by atoms with Crippen LogP contribution in [-0.2, 0) is 0 Å². The number of halogens is 2. The lowest BCUT2D eigenvalue weighted by Crippen LogP contribution is -2.13. The second-order valence-electron chi connectivity index (χ2n) is 6.25. The van der Waals surface area contributed by atoms with E-state index in [9.17, 15) is 13.9 Å². The van der Waals surface area contributed by atoms with Gasteiger partial charge in [0.25, 0.3) is 0 Å². The molecule has 3 nitrogen and oxygen atoms in total. The van der Waals surface area contributed by atoms with Gasteiger partial charge in [0, 0.05) is 0 Å². The van der Waals surface area contributed by atoms with Crippen LogP contribution < -0.4 is 9.47 Å².